The lowest BCUT2D eigenvalue weighted by molar-refractivity contribution is -0.870. The maximum Gasteiger partial charge on any atom is 0.472 e. The Hall–Kier alpha value is -1.51. The molecule has 2 N–H and O–H groups in total. The topological polar surface area (TPSA) is 111 Å². The van der Waals surface area contributed by atoms with E-state index >= 15 is 0 Å². The summed E-state index contributed by atoms with van der Waals surface area (Å²) >= 11 is 0. The van der Waals surface area contributed by atoms with E-state index in [1.807, 2.05) is 33.3 Å². The number of amides is 1. The summed E-state index contributed by atoms with van der Waals surface area (Å²) in [6.45, 7) is 7.04. The van der Waals surface area contributed by atoms with Gasteiger partial charge in [0.15, 0.2) is 0 Å². The summed E-state index contributed by atoms with van der Waals surface area (Å²) in [4.78, 5) is 37.6. The lowest BCUT2D eigenvalue weighted by atomic mass is 10.0. The number of quaternary nitrogens is 1. The molecule has 0 saturated carbocycles. The minimum Gasteiger partial charge on any atom is -0.456 e. The molecule has 0 saturated heterocycles. The summed E-state index contributed by atoms with van der Waals surface area (Å²) in [5.74, 6) is -0.490. The van der Waals surface area contributed by atoms with Gasteiger partial charge in [-0.05, 0) is 57.4 Å². The lowest BCUT2D eigenvalue weighted by Gasteiger charge is -2.27. The van der Waals surface area contributed by atoms with Crippen LogP contribution in [0.4, 0.5) is 0 Å². The minimum atomic E-state index is -4.44. The van der Waals surface area contributed by atoms with Crippen molar-refractivity contribution in [1.82, 2.24) is 5.32 Å². The van der Waals surface area contributed by atoms with Crippen LogP contribution in [0.5, 0.6) is 0 Å². The van der Waals surface area contributed by atoms with Gasteiger partial charge >= 0.3 is 13.8 Å². The molecule has 432 valence electrons. The van der Waals surface area contributed by atoms with Crippen molar-refractivity contribution in [3.8, 4) is 0 Å². The number of phosphoric acid groups is 1. The quantitative estimate of drug-likeness (QED) is 0.0205. The minimum absolute atomic E-state index is 0.0441. The fourth-order valence-electron chi connectivity index (χ4n) is 9.47. The van der Waals surface area contributed by atoms with E-state index in [9.17, 15) is 19.0 Å². The van der Waals surface area contributed by atoms with Crippen LogP contribution in [0.2, 0.25) is 0 Å². The number of rotatable bonds is 58. The third-order valence-corrected chi connectivity index (χ3v) is 15.4. The molecule has 0 aliphatic carbocycles. The average molecular weight is 1050 g/mol. The molecule has 3 atom stereocenters. The maximum atomic E-state index is 13.5. The van der Waals surface area contributed by atoms with Gasteiger partial charge in [0.2, 0.25) is 5.91 Å². The second-order valence-electron chi connectivity index (χ2n) is 22.9. The zero-order valence-corrected chi connectivity index (χ0v) is 50.3. The molecular formula is C63H124N2O7P+. The van der Waals surface area contributed by atoms with Crippen molar-refractivity contribution in [2.45, 2.75) is 328 Å². The van der Waals surface area contributed by atoms with Crippen LogP contribution in [0.3, 0.4) is 0 Å². The molecule has 0 radical (unpaired) electrons. The molecule has 73 heavy (non-hydrogen) atoms. The van der Waals surface area contributed by atoms with E-state index in [0.29, 0.717) is 23.9 Å². The van der Waals surface area contributed by atoms with Gasteiger partial charge in [0.25, 0.3) is 0 Å². The second-order valence-corrected chi connectivity index (χ2v) is 24.4. The van der Waals surface area contributed by atoms with E-state index in [-0.39, 0.29) is 25.1 Å². The molecule has 1 amide bonds. The highest BCUT2D eigenvalue weighted by atomic mass is 31.2. The van der Waals surface area contributed by atoms with Crippen molar-refractivity contribution in [1.29, 1.82) is 0 Å². The van der Waals surface area contributed by atoms with Crippen LogP contribution in [0, 0.1) is 0 Å². The number of allylic oxidation sites excluding steroid dienone is 3. The molecule has 0 spiro atoms. The first-order valence-electron chi connectivity index (χ1n) is 31.7. The molecule has 3 unspecified atom stereocenters. The third kappa shape index (κ3) is 55.1. The predicted molar refractivity (Wildman–Crippen MR) is 314 cm³/mol. The number of hydrogen-bond donors (Lipinski definition) is 2. The number of esters is 1. The highest BCUT2D eigenvalue weighted by Gasteiger charge is 2.30. The SMILES string of the molecule is CCCCCCCC/C=C/CCCCCCCCCCCCCCCC(=O)OC(/C=C/CCCCCCCCCCC)C(COP(=O)(O)OCC[N+](C)(C)C)NC(=O)CCCCCCCCCCCCCCC. The number of hydrogen-bond acceptors (Lipinski definition) is 6. The van der Waals surface area contributed by atoms with Crippen molar-refractivity contribution >= 4 is 19.7 Å². The fourth-order valence-corrected chi connectivity index (χ4v) is 10.2. The van der Waals surface area contributed by atoms with Crippen LogP contribution in [0.1, 0.15) is 316 Å². The van der Waals surface area contributed by atoms with Gasteiger partial charge in [-0.2, -0.15) is 0 Å². The summed E-state index contributed by atoms with van der Waals surface area (Å²) in [6.07, 6.45) is 63.2. The molecular weight excluding hydrogens is 928 g/mol. The van der Waals surface area contributed by atoms with Crippen LogP contribution >= 0.6 is 7.82 Å². The number of nitrogens with zero attached hydrogens (tertiary/aromatic N) is 1. The molecule has 0 aromatic heterocycles. The predicted octanol–water partition coefficient (Wildman–Crippen LogP) is 19.3. The van der Waals surface area contributed by atoms with Crippen LogP contribution in [-0.2, 0) is 27.9 Å². The summed E-state index contributed by atoms with van der Waals surface area (Å²) in [6, 6.07) is -0.841. The van der Waals surface area contributed by atoms with Gasteiger partial charge in [0, 0.05) is 12.8 Å². The van der Waals surface area contributed by atoms with Gasteiger partial charge in [0.05, 0.1) is 33.8 Å². The molecule has 0 aromatic carbocycles. The molecule has 0 fully saturated rings. The Bertz CT molecular complexity index is 1300. The van der Waals surface area contributed by atoms with Crippen molar-refractivity contribution in [3.05, 3.63) is 24.3 Å². The van der Waals surface area contributed by atoms with E-state index in [1.165, 1.54) is 225 Å². The largest absolute Gasteiger partial charge is 0.472 e. The molecule has 9 nitrogen and oxygen atoms in total. The Kier molecular flexibility index (Phi) is 52.8. The molecule has 0 bridgehead atoms. The molecule has 0 rings (SSSR count). The summed E-state index contributed by atoms with van der Waals surface area (Å²) in [7, 11) is 1.51. The van der Waals surface area contributed by atoms with E-state index in [0.717, 1.165) is 57.8 Å². The molecule has 0 aliphatic heterocycles. The van der Waals surface area contributed by atoms with Crippen LogP contribution < -0.4 is 5.32 Å². The van der Waals surface area contributed by atoms with Gasteiger partial charge < -0.3 is 19.4 Å². The van der Waals surface area contributed by atoms with Gasteiger partial charge in [0.1, 0.15) is 19.3 Å². The Labute approximate surface area is 454 Å². The summed E-state index contributed by atoms with van der Waals surface area (Å²) in [5, 5.41) is 3.06. The molecule has 0 heterocycles. The van der Waals surface area contributed by atoms with E-state index in [1.54, 1.807) is 0 Å². The normalized spacial score (nSPS) is 13.8. The van der Waals surface area contributed by atoms with Crippen molar-refractivity contribution in [2.75, 3.05) is 40.9 Å². The van der Waals surface area contributed by atoms with E-state index in [2.05, 4.69) is 38.2 Å². The van der Waals surface area contributed by atoms with Crippen molar-refractivity contribution in [2.24, 2.45) is 0 Å². The van der Waals surface area contributed by atoms with Gasteiger partial charge in [-0.25, -0.2) is 4.57 Å². The van der Waals surface area contributed by atoms with Gasteiger partial charge in [-0.3, -0.25) is 18.6 Å². The average Bonchev–Trinajstić information content (AvgIpc) is 3.35. The zero-order valence-electron chi connectivity index (χ0n) is 49.4. The number of carbonyl (C=O) groups is 2. The summed E-state index contributed by atoms with van der Waals surface area (Å²) < 4.78 is 30.7. The standard InChI is InChI=1S/C63H123N2O7P/c1-7-10-13-16-19-22-25-27-28-29-30-31-32-33-34-35-36-38-41-44-47-50-53-56-63(67)72-61(54-51-48-45-42-39-24-21-18-15-12-9-3)60(59-71-73(68,69)70-58-57-65(4,5)6)64-62(66)55-52-49-46-43-40-37-26-23-20-17-14-11-8-2/h27-28,51,54,60-61H,7-26,29-50,52-53,55-59H2,1-6H3,(H-,64,66,68,69)/p+1/b28-27+,54-51+. The fraction of sp³-hybridized carbons (Fsp3) is 0.905. The first kappa shape index (κ1) is 71.5. The van der Waals surface area contributed by atoms with Crippen LogP contribution in [0.25, 0.3) is 0 Å². The molecule has 0 aromatic rings. The first-order chi connectivity index (χ1) is 35.4. The van der Waals surface area contributed by atoms with Crippen molar-refractivity contribution < 1.29 is 37.3 Å². The first-order valence-corrected chi connectivity index (χ1v) is 33.2. The van der Waals surface area contributed by atoms with Gasteiger partial charge in [-0.15, -0.1) is 0 Å². The highest BCUT2D eigenvalue weighted by Crippen LogP contribution is 2.43. The Morgan fingerprint density at radius 1 is 0.466 bits per heavy atom. The number of likely N-dealkylation sites (N-methyl/N-ethyl adjacent to an activating group) is 1. The smallest absolute Gasteiger partial charge is 0.456 e. The Balaban J connectivity index is 5.07. The van der Waals surface area contributed by atoms with E-state index < -0.39 is 20.0 Å². The highest BCUT2D eigenvalue weighted by molar-refractivity contribution is 7.47. The van der Waals surface area contributed by atoms with Crippen LogP contribution in [0.15, 0.2) is 24.3 Å². The number of carbonyl (C=O) groups excluding carboxylic acids is 2. The Morgan fingerprint density at radius 3 is 1.16 bits per heavy atom. The van der Waals surface area contributed by atoms with Gasteiger partial charge in [-0.1, -0.05) is 270 Å². The molecule has 10 heteroatoms. The second kappa shape index (κ2) is 53.9. The summed E-state index contributed by atoms with van der Waals surface area (Å²) in [5.41, 5.74) is 0. The number of ether oxygens (including phenoxy) is 1. The number of nitrogens with one attached hydrogen (secondary N) is 1. The lowest BCUT2D eigenvalue weighted by Crippen LogP contribution is -2.47. The Morgan fingerprint density at radius 2 is 0.795 bits per heavy atom. The maximum absolute atomic E-state index is 13.5. The zero-order chi connectivity index (χ0) is 53.6. The van der Waals surface area contributed by atoms with Crippen LogP contribution in [-0.4, -0.2) is 74.3 Å². The monoisotopic (exact) mass is 1050 g/mol. The third-order valence-electron chi connectivity index (χ3n) is 14.4. The number of unbranched alkanes of at least 4 members (excludes halogenated alkanes) is 40. The van der Waals surface area contributed by atoms with Crippen molar-refractivity contribution in [3.63, 3.8) is 0 Å². The molecule has 0 aliphatic rings. The number of phosphoric ester groups is 1. The van der Waals surface area contributed by atoms with E-state index in [4.69, 9.17) is 13.8 Å².